The van der Waals surface area contributed by atoms with Crippen molar-refractivity contribution in [2.45, 2.75) is 45.3 Å². The van der Waals surface area contributed by atoms with Crippen LogP contribution in [0.3, 0.4) is 0 Å². The van der Waals surface area contributed by atoms with Crippen LogP contribution < -0.4 is 5.32 Å². The Bertz CT molecular complexity index is 568. The fourth-order valence-corrected chi connectivity index (χ4v) is 2.71. The molecule has 1 aromatic carbocycles. The van der Waals surface area contributed by atoms with E-state index in [4.69, 9.17) is 4.74 Å². The van der Waals surface area contributed by atoms with E-state index in [0.717, 1.165) is 56.9 Å². The zero-order valence-electron chi connectivity index (χ0n) is 15.1. The van der Waals surface area contributed by atoms with E-state index < -0.39 is 0 Å². The van der Waals surface area contributed by atoms with E-state index in [0.29, 0.717) is 6.54 Å². The lowest BCUT2D eigenvalue weighted by Gasteiger charge is -2.23. The molecule has 1 aliphatic heterocycles. The summed E-state index contributed by atoms with van der Waals surface area (Å²) >= 11 is 0. The summed E-state index contributed by atoms with van der Waals surface area (Å²) in [5.41, 5.74) is 1.05. The summed E-state index contributed by atoms with van der Waals surface area (Å²) < 4.78 is 5.66. The lowest BCUT2D eigenvalue weighted by atomic mass is 10.2. The van der Waals surface area contributed by atoms with Gasteiger partial charge < -0.3 is 15.0 Å². The van der Waals surface area contributed by atoms with E-state index in [-0.39, 0.29) is 16.7 Å². The van der Waals surface area contributed by atoms with Crippen molar-refractivity contribution in [3.63, 3.8) is 0 Å². The second kappa shape index (κ2) is 9.98. The maximum Gasteiger partial charge on any atom is 0.269 e. The highest BCUT2D eigenvalue weighted by Gasteiger charge is 2.16. The van der Waals surface area contributed by atoms with E-state index in [1.165, 1.54) is 12.1 Å². The van der Waals surface area contributed by atoms with Gasteiger partial charge >= 0.3 is 0 Å². The number of nitrogens with one attached hydrogen (secondary N) is 1. The summed E-state index contributed by atoms with van der Waals surface area (Å²) in [7, 11) is 2.03. The first-order chi connectivity index (χ1) is 12.1. The zero-order chi connectivity index (χ0) is 18.1. The molecule has 1 aliphatic rings. The smallest absolute Gasteiger partial charge is 0.269 e. The summed E-state index contributed by atoms with van der Waals surface area (Å²) in [5, 5.41) is 14.1. The van der Waals surface area contributed by atoms with Crippen molar-refractivity contribution in [3.05, 3.63) is 39.9 Å². The topological polar surface area (TPSA) is 80.0 Å². The van der Waals surface area contributed by atoms with Crippen molar-refractivity contribution in [2.24, 2.45) is 4.99 Å². The van der Waals surface area contributed by atoms with Crippen LogP contribution in [-0.2, 0) is 11.3 Å². The number of aliphatic imine (C=N–C) groups is 1. The Morgan fingerprint density at radius 1 is 1.44 bits per heavy atom. The monoisotopic (exact) mass is 348 g/mol. The molecule has 0 aliphatic carbocycles. The number of guanidine groups is 1. The number of nitrogens with zero attached hydrogens (tertiary/aromatic N) is 3. The first kappa shape index (κ1) is 19.2. The summed E-state index contributed by atoms with van der Waals surface area (Å²) in [6.07, 6.45) is 4.69. The van der Waals surface area contributed by atoms with Gasteiger partial charge in [-0.15, -0.1) is 0 Å². The molecular weight excluding hydrogens is 320 g/mol. The number of rotatable bonds is 8. The molecule has 1 N–H and O–H groups in total. The third kappa shape index (κ3) is 6.34. The predicted octanol–water partition coefficient (Wildman–Crippen LogP) is 2.95. The van der Waals surface area contributed by atoms with Crippen LogP contribution in [0.5, 0.6) is 0 Å². The third-order valence-corrected chi connectivity index (χ3v) is 4.28. The van der Waals surface area contributed by atoms with Gasteiger partial charge in [-0.05, 0) is 24.8 Å². The summed E-state index contributed by atoms with van der Waals surface area (Å²) in [5.74, 6) is 0.849. The molecule has 1 aromatic rings. The van der Waals surface area contributed by atoms with E-state index in [1.54, 1.807) is 12.1 Å². The number of unbranched alkanes of at least 4 members (excludes halogenated alkanes) is 1. The number of hydrogen-bond acceptors (Lipinski definition) is 4. The first-order valence-electron chi connectivity index (χ1n) is 8.94. The van der Waals surface area contributed by atoms with Gasteiger partial charge in [-0.3, -0.25) is 10.1 Å². The van der Waals surface area contributed by atoms with Crippen LogP contribution in [0.4, 0.5) is 5.69 Å². The van der Waals surface area contributed by atoms with Crippen LogP contribution in [0.15, 0.2) is 29.3 Å². The molecule has 0 spiro atoms. The normalized spacial score (nSPS) is 17.5. The van der Waals surface area contributed by atoms with Crippen LogP contribution in [0.25, 0.3) is 0 Å². The maximum absolute atomic E-state index is 10.7. The Morgan fingerprint density at radius 2 is 2.20 bits per heavy atom. The van der Waals surface area contributed by atoms with Gasteiger partial charge in [0.1, 0.15) is 0 Å². The minimum atomic E-state index is -0.389. The van der Waals surface area contributed by atoms with Crippen LogP contribution >= 0.6 is 0 Å². The Hall–Kier alpha value is -2.15. The number of non-ortho nitro benzene ring substituents is 1. The highest BCUT2D eigenvalue weighted by molar-refractivity contribution is 5.79. The molecule has 0 radical (unpaired) electrons. The van der Waals surface area contributed by atoms with Crippen LogP contribution in [0.2, 0.25) is 0 Å². The van der Waals surface area contributed by atoms with Crippen molar-refractivity contribution in [1.82, 2.24) is 10.2 Å². The molecule has 1 atom stereocenters. The van der Waals surface area contributed by atoms with Crippen molar-refractivity contribution < 1.29 is 9.66 Å². The van der Waals surface area contributed by atoms with Gasteiger partial charge in [0, 0.05) is 38.9 Å². The van der Waals surface area contributed by atoms with Crippen LogP contribution in [0.1, 0.15) is 38.2 Å². The molecule has 7 nitrogen and oxygen atoms in total. The van der Waals surface area contributed by atoms with Crippen LogP contribution in [0, 0.1) is 10.1 Å². The van der Waals surface area contributed by atoms with E-state index in [2.05, 4.69) is 22.1 Å². The van der Waals surface area contributed by atoms with Crippen molar-refractivity contribution >= 4 is 11.6 Å². The second-order valence-electron chi connectivity index (χ2n) is 6.35. The minimum absolute atomic E-state index is 0.101. The quantitative estimate of drug-likeness (QED) is 0.338. The molecule has 138 valence electrons. The fraction of sp³-hybridized carbons (Fsp3) is 0.611. The Balaban J connectivity index is 1.98. The van der Waals surface area contributed by atoms with E-state index in [1.807, 2.05) is 7.05 Å². The Kier molecular flexibility index (Phi) is 7.66. The molecule has 25 heavy (non-hydrogen) atoms. The van der Waals surface area contributed by atoms with Gasteiger partial charge in [-0.1, -0.05) is 25.5 Å². The molecule has 2 rings (SSSR count). The SMILES string of the molecule is CCCCN(C)C(=NCc1ccc([N+](=O)[O-])cc1)NCC1CCCO1. The number of benzene rings is 1. The molecule has 0 saturated carbocycles. The zero-order valence-corrected chi connectivity index (χ0v) is 15.1. The standard InChI is InChI=1S/C18H28N4O3/c1-3-4-11-21(2)18(20-14-17-6-5-12-25-17)19-13-15-7-9-16(10-8-15)22(23)24/h7-10,17H,3-6,11-14H2,1-2H3,(H,19,20). The Labute approximate surface area is 149 Å². The predicted molar refractivity (Wildman–Crippen MR) is 98.8 cm³/mol. The van der Waals surface area contributed by atoms with Gasteiger partial charge in [0.2, 0.25) is 0 Å². The number of nitro benzene ring substituents is 1. The molecule has 1 heterocycles. The fourth-order valence-electron chi connectivity index (χ4n) is 2.71. The van der Waals surface area contributed by atoms with Gasteiger partial charge in [0.25, 0.3) is 5.69 Å². The molecule has 1 fully saturated rings. The van der Waals surface area contributed by atoms with E-state index >= 15 is 0 Å². The largest absolute Gasteiger partial charge is 0.376 e. The molecule has 7 heteroatoms. The second-order valence-corrected chi connectivity index (χ2v) is 6.35. The van der Waals surface area contributed by atoms with Crippen LogP contribution in [-0.4, -0.2) is 48.6 Å². The highest BCUT2D eigenvalue weighted by Crippen LogP contribution is 2.13. The maximum atomic E-state index is 10.7. The van der Waals surface area contributed by atoms with E-state index in [9.17, 15) is 10.1 Å². The molecule has 1 unspecified atom stereocenters. The summed E-state index contributed by atoms with van der Waals surface area (Å²) in [4.78, 5) is 17.2. The van der Waals surface area contributed by atoms with Gasteiger partial charge in [-0.2, -0.15) is 0 Å². The number of nitro groups is 1. The number of ether oxygens (including phenoxy) is 1. The van der Waals surface area contributed by atoms with Gasteiger partial charge in [0.15, 0.2) is 5.96 Å². The molecule has 0 aromatic heterocycles. The van der Waals surface area contributed by atoms with Gasteiger partial charge in [0.05, 0.1) is 17.6 Å². The number of hydrogen-bond donors (Lipinski definition) is 1. The first-order valence-corrected chi connectivity index (χ1v) is 8.94. The molecule has 0 bridgehead atoms. The third-order valence-electron chi connectivity index (χ3n) is 4.28. The van der Waals surface area contributed by atoms with Crippen molar-refractivity contribution in [2.75, 3.05) is 26.7 Å². The molecular formula is C18H28N4O3. The Morgan fingerprint density at radius 3 is 2.80 bits per heavy atom. The summed E-state index contributed by atoms with van der Waals surface area (Å²) in [6, 6.07) is 6.55. The minimum Gasteiger partial charge on any atom is -0.376 e. The highest BCUT2D eigenvalue weighted by atomic mass is 16.6. The molecule has 0 amide bonds. The average Bonchev–Trinajstić information content (AvgIpc) is 3.13. The lowest BCUT2D eigenvalue weighted by molar-refractivity contribution is -0.384. The van der Waals surface area contributed by atoms with Crippen molar-refractivity contribution in [1.29, 1.82) is 0 Å². The lowest BCUT2D eigenvalue weighted by Crippen LogP contribution is -2.42. The molecule has 1 saturated heterocycles. The summed E-state index contributed by atoms with van der Waals surface area (Å²) in [6.45, 7) is 5.20. The average molecular weight is 348 g/mol. The van der Waals surface area contributed by atoms with Crippen molar-refractivity contribution in [3.8, 4) is 0 Å². The van der Waals surface area contributed by atoms with Gasteiger partial charge in [-0.25, -0.2) is 4.99 Å².